The molecule has 0 aliphatic carbocycles. The van der Waals surface area contributed by atoms with Gasteiger partial charge in [-0.2, -0.15) is 0 Å². The number of nitrogens with zero attached hydrogens (tertiary/aromatic N) is 1. The van der Waals surface area contributed by atoms with E-state index in [1.165, 1.54) is 0 Å². The Bertz CT molecular complexity index is 496. The second-order valence-corrected chi connectivity index (χ2v) is 3.59. The van der Waals surface area contributed by atoms with E-state index < -0.39 is 35.1 Å². The number of anilines is 1. The first-order valence-electron chi connectivity index (χ1n) is 4.56. The first-order chi connectivity index (χ1) is 8.32. The zero-order chi connectivity index (χ0) is 13.9. The van der Waals surface area contributed by atoms with E-state index in [1.807, 2.05) is 0 Å². The van der Waals surface area contributed by atoms with Gasteiger partial charge in [-0.3, -0.25) is 10.1 Å². The van der Waals surface area contributed by atoms with E-state index in [4.69, 9.17) is 16.7 Å². The summed E-state index contributed by atoms with van der Waals surface area (Å²) in [6, 6.07) is 1.66. The summed E-state index contributed by atoms with van der Waals surface area (Å²) in [5.41, 5.74) is -1.35. The summed E-state index contributed by atoms with van der Waals surface area (Å²) < 4.78 is 24.0. The molecule has 6 nitrogen and oxygen atoms in total. The minimum atomic E-state index is -2.71. The molecule has 1 aromatic carbocycles. The molecule has 0 aromatic heterocycles. The molecule has 0 atom stereocenters. The van der Waals surface area contributed by atoms with Crippen LogP contribution in [-0.2, 0) is 0 Å². The number of carboxylic acid groups (broad SMARTS) is 1. The maximum absolute atomic E-state index is 12.0. The molecule has 0 amide bonds. The molecule has 2 N–H and O–H groups in total. The van der Waals surface area contributed by atoms with E-state index in [2.05, 4.69) is 5.32 Å². The third kappa shape index (κ3) is 3.27. The Hall–Kier alpha value is -1.96. The van der Waals surface area contributed by atoms with Gasteiger partial charge in [-0.1, -0.05) is 11.6 Å². The number of rotatable bonds is 5. The summed E-state index contributed by atoms with van der Waals surface area (Å²) >= 11 is 5.59. The Kier molecular flexibility index (Phi) is 4.38. The molecule has 98 valence electrons. The van der Waals surface area contributed by atoms with Crippen molar-refractivity contribution in [3.8, 4) is 0 Å². The molecule has 0 fully saturated rings. The van der Waals surface area contributed by atoms with Crippen molar-refractivity contribution in [3.05, 3.63) is 32.8 Å². The Morgan fingerprint density at radius 1 is 1.56 bits per heavy atom. The highest BCUT2D eigenvalue weighted by atomic mass is 35.5. The van der Waals surface area contributed by atoms with E-state index in [0.29, 0.717) is 0 Å². The lowest BCUT2D eigenvalue weighted by molar-refractivity contribution is -0.384. The van der Waals surface area contributed by atoms with E-state index in [9.17, 15) is 23.7 Å². The van der Waals surface area contributed by atoms with Crippen LogP contribution in [0.1, 0.15) is 10.4 Å². The van der Waals surface area contributed by atoms with Gasteiger partial charge in [-0.25, -0.2) is 13.6 Å². The molecule has 1 aromatic rings. The monoisotopic (exact) mass is 280 g/mol. The number of hydrogen-bond donors (Lipinski definition) is 2. The summed E-state index contributed by atoms with van der Waals surface area (Å²) in [5, 5.41) is 21.3. The van der Waals surface area contributed by atoms with Crippen molar-refractivity contribution >= 4 is 28.9 Å². The SMILES string of the molecule is O=C(O)c1cc([N+](=O)[O-])c(NCC(F)F)cc1Cl. The van der Waals surface area contributed by atoms with Crippen LogP contribution in [0.2, 0.25) is 5.02 Å². The molecule has 0 heterocycles. The summed E-state index contributed by atoms with van der Waals surface area (Å²) in [4.78, 5) is 20.5. The topological polar surface area (TPSA) is 92.5 Å². The van der Waals surface area contributed by atoms with Gasteiger partial charge < -0.3 is 10.4 Å². The number of carboxylic acids is 1. The fraction of sp³-hybridized carbons (Fsp3) is 0.222. The molecule has 1 rings (SSSR count). The van der Waals surface area contributed by atoms with Crippen molar-refractivity contribution < 1.29 is 23.6 Å². The molecule has 0 aliphatic heterocycles. The molecule has 0 aliphatic rings. The van der Waals surface area contributed by atoms with Crippen LogP contribution in [0.5, 0.6) is 0 Å². The summed E-state index contributed by atoms with van der Waals surface area (Å²) in [5.74, 6) is -1.44. The van der Waals surface area contributed by atoms with Crippen LogP contribution in [0.15, 0.2) is 12.1 Å². The molecule has 18 heavy (non-hydrogen) atoms. The van der Waals surface area contributed by atoms with Gasteiger partial charge in [0.25, 0.3) is 12.1 Å². The minimum absolute atomic E-state index is 0.254. The number of nitrogens with one attached hydrogen (secondary N) is 1. The van der Waals surface area contributed by atoms with Gasteiger partial charge in [-0.05, 0) is 6.07 Å². The Morgan fingerprint density at radius 3 is 2.61 bits per heavy atom. The zero-order valence-electron chi connectivity index (χ0n) is 8.69. The van der Waals surface area contributed by atoms with E-state index >= 15 is 0 Å². The number of alkyl halides is 2. The van der Waals surface area contributed by atoms with Crippen LogP contribution in [0, 0.1) is 10.1 Å². The predicted octanol–water partition coefficient (Wildman–Crippen LogP) is 2.62. The highest BCUT2D eigenvalue weighted by Gasteiger charge is 2.21. The van der Waals surface area contributed by atoms with Crippen LogP contribution < -0.4 is 5.32 Å². The van der Waals surface area contributed by atoms with Crippen LogP contribution in [-0.4, -0.2) is 29.0 Å². The van der Waals surface area contributed by atoms with Crippen molar-refractivity contribution in [2.75, 3.05) is 11.9 Å². The van der Waals surface area contributed by atoms with Crippen molar-refractivity contribution in [1.82, 2.24) is 0 Å². The standard InChI is InChI=1S/C9H7ClF2N2O4/c10-5-2-6(13-3-8(11)12)7(14(17)18)1-4(5)9(15)16/h1-2,8,13H,3H2,(H,15,16). The van der Waals surface area contributed by atoms with E-state index in [1.54, 1.807) is 0 Å². The number of hydrogen-bond acceptors (Lipinski definition) is 4. The van der Waals surface area contributed by atoms with Gasteiger partial charge in [0.15, 0.2) is 0 Å². The highest BCUT2D eigenvalue weighted by Crippen LogP contribution is 2.31. The molecule has 0 bridgehead atoms. The van der Waals surface area contributed by atoms with E-state index in [0.717, 1.165) is 12.1 Å². The molecular weight excluding hydrogens is 274 g/mol. The lowest BCUT2D eigenvalue weighted by Gasteiger charge is -2.08. The zero-order valence-corrected chi connectivity index (χ0v) is 9.45. The van der Waals surface area contributed by atoms with Crippen LogP contribution in [0.4, 0.5) is 20.2 Å². The number of benzene rings is 1. The summed E-state index contributed by atoms with van der Waals surface area (Å²) in [6.07, 6.45) is -2.71. The van der Waals surface area contributed by atoms with Gasteiger partial charge in [0.2, 0.25) is 0 Å². The largest absolute Gasteiger partial charge is 0.478 e. The van der Waals surface area contributed by atoms with Gasteiger partial charge in [-0.15, -0.1) is 0 Å². The van der Waals surface area contributed by atoms with Gasteiger partial charge >= 0.3 is 5.97 Å². The molecule has 0 spiro atoms. The van der Waals surface area contributed by atoms with Crippen molar-refractivity contribution in [2.24, 2.45) is 0 Å². The smallest absolute Gasteiger partial charge is 0.337 e. The molecule has 0 radical (unpaired) electrons. The third-order valence-corrected chi connectivity index (χ3v) is 2.27. The first-order valence-corrected chi connectivity index (χ1v) is 4.94. The van der Waals surface area contributed by atoms with Crippen molar-refractivity contribution in [1.29, 1.82) is 0 Å². The predicted molar refractivity (Wildman–Crippen MR) is 59.6 cm³/mol. The van der Waals surface area contributed by atoms with Crippen molar-refractivity contribution in [3.63, 3.8) is 0 Å². The highest BCUT2D eigenvalue weighted by molar-refractivity contribution is 6.34. The lowest BCUT2D eigenvalue weighted by atomic mass is 10.1. The summed E-state index contributed by atoms with van der Waals surface area (Å²) in [6.45, 7) is -0.802. The minimum Gasteiger partial charge on any atom is -0.478 e. The quantitative estimate of drug-likeness (QED) is 0.639. The number of nitro groups is 1. The molecular formula is C9H7ClF2N2O4. The Labute approximate surface area is 104 Å². The first kappa shape index (κ1) is 14.1. The fourth-order valence-corrected chi connectivity index (χ4v) is 1.45. The van der Waals surface area contributed by atoms with Gasteiger partial charge in [0.05, 0.1) is 22.1 Å². The Morgan fingerprint density at radius 2 is 2.17 bits per heavy atom. The molecule has 0 unspecified atom stereocenters. The second kappa shape index (κ2) is 5.58. The molecule has 9 heteroatoms. The van der Waals surface area contributed by atoms with Crippen LogP contribution in [0.3, 0.4) is 0 Å². The molecule has 0 saturated carbocycles. The number of carbonyl (C=O) groups is 1. The average molecular weight is 281 g/mol. The normalized spacial score (nSPS) is 10.4. The van der Waals surface area contributed by atoms with Crippen LogP contribution >= 0.6 is 11.6 Å². The second-order valence-electron chi connectivity index (χ2n) is 3.18. The molecule has 0 saturated heterocycles. The summed E-state index contributed by atoms with van der Waals surface area (Å²) in [7, 11) is 0. The van der Waals surface area contributed by atoms with Gasteiger partial charge in [0.1, 0.15) is 5.69 Å². The Balaban J connectivity index is 3.20. The van der Waals surface area contributed by atoms with Crippen LogP contribution in [0.25, 0.3) is 0 Å². The maximum Gasteiger partial charge on any atom is 0.337 e. The van der Waals surface area contributed by atoms with Gasteiger partial charge in [0, 0.05) is 6.07 Å². The lowest BCUT2D eigenvalue weighted by Crippen LogP contribution is -2.12. The number of halogens is 3. The maximum atomic E-state index is 12.0. The van der Waals surface area contributed by atoms with E-state index in [-0.39, 0.29) is 10.7 Å². The fourth-order valence-electron chi connectivity index (χ4n) is 1.21. The number of aromatic carboxylic acids is 1. The average Bonchev–Trinajstić information content (AvgIpc) is 2.25. The third-order valence-electron chi connectivity index (χ3n) is 1.96. The van der Waals surface area contributed by atoms with Crippen molar-refractivity contribution in [2.45, 2.75) is 6.43 Å². The number of nitro benzene ring substituents is 1.